The lowest BCUT2D eigenvalue weighted by Crippen LogP contribution is -2.46. The van der Waals surface area contributed by atoms with Gasteiger partial charge in [-0.1, -0.05) is 0 Å². The largest absolute Gasteiger partial charge is 0.481 e. The molecule has 2 aliphatic heterocycles. The Bertz CT molecular complexity index is 795. The molecule has 0 spiro atoms. The zero-order chi connectivity index (χ0) is 18.2. The maximum Gasteiger partial charge on any atom is 0.218 e. The fraction of sp³-hybridized carbons (Fsp3) is 0.684. The average molecular weight is 369 g/mol. The molecule has 27 heavy (non-hydrogen) atoms. The minimum absolute atomic E-state index is 0.539. The number of rotatable bonds is 6. The Hall–Kier alpha value is -2.22. The van der Waals surface area contributed by atoms with Crippen LogP contribution in [0.4, 0.5) is 5.82 Å². The predicted octanol–water partition coefficient (Wildman–Crippen LogP) is 1.66. The van der Waals surface area contributed by atoms with Crippen LogP contribution in [-0.2, 0) is 19.5 Å². The van der Waals surface area contributed by atoms with Crippen molar-refractivity contribution in [2.24, 2.45) is 0 Å². The molecule has 2 fully saturated rings. The van der Waals surface area contributed by atoms with Gasteiger partial charge in [-0.15, -0.1) is 10.2 Å². The standard InChI is InChI=1S/C19H27N7O/c1-27-19-11-17(20-13-21-19)26(14-4-5-14)15-6-9-24(10-7-15)12-18-23-22-16-3-2-8-25(16)18/h11,13-15H,2-10,12H2,1H3. The Balaban J connectivity index is 1.24. The summed E-state index contributed by atoms with van der Waals surface area (Å²) in [7, 11) is 1.66. The highest BCUT2D eigenvalue weighted by atomic mass is 16.5. The molecule has 2 aromatic rings. The van der Waals surface area contributed by atoms with Crippen LogP contribution in [0.25, 0.3) is 0 Å². The number of anilines is 1. The number of ether oxygens (including phenoxy) is 1. The highest BCUT2D eigenvalue weighted by Crippen LogP contribution is 2.36. The summed E-state index contributed by atoms with van der Waals surface area (Å²) in [5.74, 6) is 3.96. The first-order valence-electron chi connectivity index (χ1n) is 10.1. The third-order valence-electron chi connectivity index (χ3n) is 6.04. The second kappa shape index (κ2) is 7.07. The van der Waals surface area contributed by atoms with Crippen molar-refractivity contribution >= 4 is 5.82 Å². The van der Waals surface area contributed by atoms with Gasteiger partial charge in [-0.25, -0.2) is 9.97 Å². The van der Waals surface area contributed by atoms with E-state index in [0.29, 0.717) is 18.0 Å². The van der Waals surface area contributed by atoms with Crippen molar-refractivity contribution in [1.29, 1.82) is 0 Å². The van der Waals surface area contributed by atoms with Gasteiger partial charge in [0.05, 0.1) is 13.7 Å². The number of nitrogens with zero attached hydrogens (tertiary/aromatic N) is 7. The summed E-state index contributed by atoms with van der Waals surface area (Å²) < 4.78 is 7.62. The first-order chi connectivity index (χ1) is 13.3. The molecule has 3 aliphatic rings. The van der Waals surface area contributed by atoms with Gasteiger partial charge in [0, 0.05) is 44.2 Å². The predicted molar refractivity (Wildman–Crippen MR) is 101 cm³/mol. The number of piperidine rings is 1. The van der Waals surface area contributed by atoms with E-state index < -0.39 is 0 Å². The van der Waals surface area contributed by atoms with Crippen molar-refractivity contribution in [2.45, 2.75) is 63.7 Å². The molecule has 0 aromatic carbocycles. The molecular weight excluding hydrogens is 342 g/mol. The van der Waals surface area contributed by atoms with Crippen molar-refractivity contribution < 1.29 is 4.74 Å². The van der Waals surface area contributed by atoms with Gasteiger partial charge in [-0.3, -0.25) is 4.90 Å². The molecule has 0 N–H and O–H groups in total. The van der Waals surface area contributed by atoms with Gasteiger partial charge in [-0.2, -0.15) is 0 Å². The van der Waals surface area contributed by atoms with Gasteiger partial charge < -0.3 is 14.2 Å². The van der Waals surface area contributed by atoms with Gasteiger partial charge in [0.15, 0.2) is 0 Å². The summed E-state index contributed by atoms with van der Waals surface area (Å²) in [4.78, 5) is 13.8. The number of likely N-dealkylation sites (tertiary alicyclic amines) is 1. The molecule has 2 aromatic heterocycles. The third kappa shape index (κ3) is 3.38. The molecule has 5 rings (SSSR count). The van der Waals surface area contributed by atoms with Crippen LogP contribution in [0.15, 0.2) is 12.4 Å². The van der Waals surface area contributed by atoms with E-state index >= 15 is 0 Å². The quantitative estimate of drug-likeness (QED) is 0.767. The van der Waals surface area contributed by atoms with Crippen LogP contribution in [0.2, 0.25) is 0 Å². The fourth-order valence-electron chi connectivity index (χ4n) is 4.49. The van der Waals surface area contributed by atoms with E-state index in [1.54, 1.807) is 13.4 Å². The molecule has 4 heterocycles. The smallest absolute Gasteiger partial charge is 0.218 e. The van der Waals surface area contributed by atoms with Crippen LogP contribution in [0.5, 0.6) is 5.88 Å². The van der Waals surface area contributed by atoms with Gasteiger partial charge in [0.2, 0.25) is 5.88 Å². The second-order valence-electron chi connectivity index (χ2n) is 7.85. The molecule has 1 saturated carbocycles. The van der Waals surface area contributed by atoms with Crippen molar-refractivity contribution in [3.63, 3.8) is 0 Å². The Labute approximate surface area is 159 Å². The van der Waals surface area contributed by atoms with Crippen LogP contribution >= 0.6 is 0 Å². The Morgan fingerprint density at radius 3 is 2.67 bits per heavy atom. The number of methoxy groups -OCH3 is 1. The lowest BCUT2D eigenvalue weighted by molar-refractivity contribution is 0.194. The second-order valence-corrected chi connectivity index (χ2v) is 7.85. The molecule has 0 atom stereocenters. The number of hydrogen-bond acceptors (Lipinski definition) is 7. The van der Waals surface area contributed by atoms with E-state index in [2.05, 4.69) is 34.5 Å². The number of aromatic nitrogens is 5. The summed E-state index contributed by atoms with van der Waals surface area (Å²) in [6.45, 7) is 4.19. The average Bonchev–Trinajstić information content (AvgIpc) is 3.29. The SMILES string of the molecule is COc1cc(N(C2CC2)C2CCN(Cc3nnc4n3CCC4)CC2)ncn1. The molecule has 0 radical (unpaired) electrons. The van der Waals surface area contributed by atoms with Crippen molar-refractivity contribution in [2.75, 3.05) is 25.1 Å². The van der Waals surface area contributed by atoms with Gasteiger partial charge in [-0.05, 0) is 32.1 Å². The molecule has 0 amide bonds. The molecule has 1 aliphatic carbocycles. The molecule has 8 nitrogen and oxygen atoms in total. The number of fused-ring (bicyclic) bond motifs is 1. The van der Waals surface area contributed by atoms with Crippen molar-refractivity contribution in [3.05, 3.63) is 24.0 Å². The lowest BCUT2D eigenvalue weighted by atomic mass is 10.0. The monoisotopic (exact) mass is 369 g/mol. The molecule has 8 heteroatoms. The van der Waals surface area contributed by atoms with E-state index in [-0.39, 0.29) is 0 Å². The molecule has 0 unspecified atom stereocenters. The van der Waals surface area contributed by atoms with Gasteiger partial charge in [0.1, 0.15) is 23.8 Å². The summed E-state index contributed by atoms with van der Waals surface area (Å²) in [6.07, 6.45) is 8.74. The zero-order valence-corrected chi connectivity index (χ0v) is 15.9. The summed E-state index contributed by atoms with van der Waals surface area (Å²) >= 11 is 0. The Morgan fingerprint density at radius 1 is 1.07 bits per heavy atom. The van der Waals surface area contributed by atoms with Crippen molar-refractivity contribution in [1.82, 2.24) is 29.6 Å². The van der Waals surface area contributed by atoms with Crippen LogP contribution in [0.1, 0.15) is 43.8 Å². The summed E-state index contributed by atoms with van der Waals surface area (Å²) in [6, 6.07) is 3.14. The summed E-state index contributed by atoms with van der Waals surface area (Å²) in [5.41, 5.74) is 0. The first-order valence-corrected chi connectivity index (χ1v) is 10.1. The number of hydrogen-bond donors (Lipinski definition) is 0. The highest BCUT2D eigenvalue weighted by molar-refractivity contribution is 5.45. The number of aryl methyl sites for hydroxylation is 1. The van der Waals surface area contributed by atoms with E-state index in [1.807, 2.05) is 6.07 Å². The topological polar surface area (TPSA) is 72.2 Å². The Morgan fingerprint density at radius 2 is 1.89 bits per heavy atom. The maximum atomic E-state index is 5.30. The molecular formula is C19H27N7O. The highest BCUT2D eigenvalue weighted by Gasteiger charge is 2.37. The van der Waals surface area contributed by atoms with Gasteiger partial charge >= 0.3 is 0 Å². The molecule has 144 valence electrons. The first kappa shape index (κ1) is 16.9. The zero-order valence-electron chi connectivity index (χ0n) is 15.9. The minimum Gasteiger partial charge on any atom is -0.481 e. The third-order valence-corrected chi connectivity index (χ3v) is 6.04. The van der Waals surface area contributed by atoms with Crippen molar-refractivity contribution in [3.8, 4) is 5.88 Å². The van der Waals surface area contributed by atoms with Crippen LogP contribution in [0, 0.1) is 0 Å². The fourth-order valence-corrected chi connectivity index (χ4v) is 4.49. The lowest BCUT2D eigenvalue weighted by Gasteiger charge is -2.39. The van der Waals surface area contributed by atoms with E-state index in [4.69, 9.17) is 4.74 Å². The molecule has 0 bridgehead atoms. The van der Waals surface area contributed by atoms with Crippen LogP contribution in [-0.4, -0.2) is 61.9 Å². The van der Waals surface area contributed by atoms with Crippen LogP contribution in [0.3, 0.4) is 0 Å². The van der Waals surface area contributed by atoms with Gasteiger partial charge in [0.25, 0.3) is 0 Å². The minimum atomic E-state index is 0.539. The maximum absolute atomic E-state index is 5.30. The summed E-state index contributed by atoms with van der Waals surface area (Å²) in [5, 5.41) is 8.77. The Kier molecular flexibility index (Phi) is 4.43. The van der Waals surface area contributed by atoms with E-state index in [0.717, 1.165) is 62.9 Å². The normalized spacial score (nSPS) is 20.6. The molecule has 1 saturated heterocycles. The van der Waals surface area contributed by atoms with E-state index in [1.165, 1.54) is 19.3 Å². The van der Waals surface area contributed by atoms with Crippen LogP contribution < -0.4 is 9.64 Å². The van der Waals surface area contributed by atoms with E-state index in [9.17, 15) is 0 Å².